The maximum absolute atomic E-state index is 5.75. The summed E-state index contributed by atoms with van der Waals surface area (Å²) in [6, 6.07) is 8.02. The minimum absolute atomic E-state index is 0.348. The van der Waals surface area contributed by atoms with E-state index in [1.54, 1.807) is 0 Å². The molecule has 0 amide bonds. The van der Waals surface area contributed by atoms with Crippen LogP contribution in [0.15, 0.2) is 24.3 Å². The first-order valence-corrected chi connectivity index (χ1v) is 5.77. The predicted molar refractivity (Wildman–Crippen MR) is 70.4 cm³/mol. The van der Waals surface area contributed by atoms with Gasteiger partial charge < -0.3 is 16.5 Å². The summed E-state index contributed by atoms with van der Waals surface area (Å²) >= 11 is 0. The van der Waals surface area contributed by atoms with Crippen molar-refractivity contribution in [3.63, 3.8) is 0 Å². The Bertz CT molecular complexity index is 514. The SMILES string of the molecule is CC(C)c1[nH]c(N)nc1-c1ccccc1CN. The number of anilines is 1. The Labute approximate surface area is 101 Å². The van der Waals surface area contributed by atoms with Gasteiger partial charge in [-0.2, -0.15) is 0 Å². The molecule has 0 saturated carbocycles. The molecular weight excluding hydrogens is 212 g/mol. The van der Waals surface area contributed by atoms with Gasteiger partial charge >= 0.3 is 0 Å². The predicted octanol–water partition coefficient (Wildman–Crippen LogP) is 2.24. The smallest absolute Gasteiger partial charge is 0.198 e. The number of rotatable bonds is 3. The van der Waals surface area contributed by atoms with Crippen LogP contribution in [0, 0.1) is 0 Å². The average molecular weight is 230 g/mol. The molecule has 1 heterocycles. The van der Waals surface area contributed by atoms with E-state index in [1.807, 2.05) is 24.3 Å². The third-order valence-electron chi connectivity index (χ3n) is 2.82. The van der Waals surface area contributed by atoms with Crippen molar-refractivity contribution in [2.75, 3.05) is 5.73 Å². The Morgan fingerprint density at radius 3 is 2.65 bits per heavy atom. The Hall–Kier alpha value is -1.81. The molecule has 5 N–H and O–H groups in total. The highest BCUT2D eigenvalue weighted by Crippen LogP contribution is 2.30. The molecular formula is C13H18N4. The van der Waals surface area contributed by atoms with Crippen molar-refractivity contribution >= 4 is 5.95 Å². The number of aromatic amines is 1. The molecule has 0 fully saturated rings. The van der Waals surface area contributed by atoms with Gasteiger partial charge in [-0.25, -0.2) is 4.98 Å². The zero-order valence-corrected chi connectivity index (χ0v) is 10.2. The molecule has 0 saturated heterocycles. The number of nitrogens with two attached hydrogens (primary N) is 2. The number of benzene rings is 1. The Morgan fingerprint density at radius 1 is 1.29 bits per heavy atom. The lowest BCUT2D eigenvalue weighted by molar-refractivity contribution is 0.835. The number of nitrogens with zero attached hydrogens (tertiary/aromatic N) is 1. The van der Waals surface area contributed by atoms with Crippen molar-refractivity contribution in [3.05, 3.63) is 35.5 Å². The van der Waals surface area contributed by atoms with Crippen LogP contribution in [0.2, 0.25) is 0 Å². The zero-order chi connectivity index (χ0) is 12.4. The molecule has 90 valence electrons. The highest BCUT2D eigenvalue weighted by molar-refractivity contribution is 5.68. The van der Waals surface area contributed by atoms with Gasteiger partial charge in [0.15, 0.2) is 5.95 Å². The van der Waals surface area contributed by atoms with Gasteiger partial charge in [0.1, 0.15) is 0 Å². The maximum Gasteiger partial charge on any atom is 0.198 e. The summed E-state index contributed by atoms with van der Waals surface area (Å²) in [6.45, 7) is 4.73. The first-order valence-electron chi connectivity index (χ1n) is 5.77. The number of H-pyrrole nitrogens is 1. The van der Waals surface area contributed by atoms with Gasteiger partial charge in [-0.15, -0.1) is 0 Å². The second-order valence-electron chi connectivity index (χ2n) is 4.40. The van der Waals surface area contributed by atoms with Gasteiger partial charge in [-0.1, -0.05) is 38.1 Å². The molecule has 1 aromatic heterocycles. The molecule has 1 aromatic carbocycles. The van der Waals surface area contributed by atoms with Crippen LogP contribution in [0.25, 0.3) is 11.3 Å². The highest BCUT2D eigenvalue weighted by atomic mass is 15.0. The Balaban J connectivity index is 2.59. The van der Waals surface area contributed by atoms with E-state index >= 15 is 0 Å². The van der Waals surface area contributed by atoms with E-state index in [9.17, 15) is 0 Å². The van der Waals surface area contributed by atoms with Crippen molar-refractivity contribution in [3.8, 4) is 11.3 Å². The third-order valence-corrected chi connectivity index (χ3v) is 2.82. The van der Waals surface area contributed by atoms with E-state index in [2.05, 4.69) is 23.8 Å². The first-order chi connectivity index (χ1) is 8.13. The molecule has 0 bridgehead atoms. The number of nitrogens with one attached hydrogen (secondary N) is 1. The van der Waals surface area contributed by atoms with E-state index in [4.69, 9.17) is 11.5 Å². The molecule has 17 heavy (non-hydrogen) atoms. The van der Waals surface area contributed by atoms with Gasteiger partial charge in [-0.3, -0.25) is 0 Å². The summed E-state index contributed by atoms with van der Waals surface area (Å²) in [5.74, 6) is 0.802. The molecule has 0 atom stereocenters. The number of imidazole rings is 1. The first kappa shape index (κ1) is 11.7. The number of nitrogen functional groups attached to an aromatic ring is 1. The molecule has 0 aliphatic heterocycles. The third kappa shape index (κ3) is 2.17. The van der Waals surface area contributed by atoms with Crippen molar-refractivity contribution in [1.29, 1.82) is 0 Å². The molecule has 2 rings (SSSR count). The van der Waals surface area contributed by atoms with E-state index in [1.165, 1.54) is 0 Å². The van der Waals surface area contributed by atoms with Gasteiger partial charge in [0, 0.05) is 17.8 Å². The lowest BCUT2D eigenvalue weighted by Gasteiger charge is -2.09. The van der Waals surface area contributed by atoms with E-state index in [0.29, 0.717) is 18.4 Å². The van der Waals surface area contributed by atoms with E-state index in [0.717, 1.165) is 22.5 Å². The summed E-state index contributed by atoms with van der Waals surface area (Å²) in [7, 11) is 0. The van der Waals surface area contributed by atoms with Crippen LogP contribution < -0.4 is 11.5 Å². The van der Waals surface area contributed by atoms with E-state index in [-0.39, 0.29) is 0 Å². The Morgan fingerprint density at radius 2 is 2.00 bits per heavy atom. The molecule has 4 heteroatoms. The van der Waals surface area contributed by atoms with Crippen molar-refractivity contribution in [1.82, 2.24) is 9.97 Å². The standard InChI is InChI=1S/C13H18N4/c1-8(2)11-12(17-13(15)16-11)10-6-4-3-5-9(10)7-14/h3-6,8H,7,14H2,1-2H3,(H3,15,16,17). The van der Waals surface area contributed by atoms with Crippen LogP contribution in [0.3, 0.4) is 0 Å². The fourth-order valence-electron chi connectivity index (χ4n) is 1.96. The van der Waals surface area contributed by atoms with E-state index < -0.39 is 0 Å². The molecule has 0 aliphatic carbocycles. The van der Waals surface area contributed by atoms with Gasteiger partial charge in [0.05, 0.1) is 5.69 Å². The van der Waals surface area contributed by atoms with Crippen LogP contribution in [0.1, 0.15) is 31.0 Å². The monoisotopic (exact) mass is 230 g/mol. The van der Waals surface area contributed by atoms with Crippen LogP contribution in [-0.2, 0) is 6.54 Å². The second-order valence-corrected chi connectivity index (χ2v) is 4.40. The number of aromatic nitrogens is 2. The molecule has 4 nitrogen and oxygen atoms in total. The highest BCUT2D eigenvalue weighted by Gasteiger charge is 2.15. The molecule has 2 aromatic rings. The summed E-state index contributed by atoms with van der Waals surface area (Å²) in [4.78, 5) is 7.50. The number of hydrogen-bond acceptors (Lipinski definition) is 3. The van der Waals surface area contributed by atoms with Crippen LogP contribution in [-0.4, -0.2) is 9.97 Å². The lowest BCUT2D eigenvalue weighted by Crippen LogP contribution is -2.00. The fourth-order valence-corrected chi connectivity index (χ4v) is 1.96. The van der Waals surface area contributed by atoms with Crippen LogP contribution in [0.5, 0.6) is 0 Å². The topological polar surface area (TPSA) is 80.7 Å². The van der Waals surface area contributed by atoms with Crippen molar-refractivity contribution in [2.45, 2.75) is 26.3 Å². The quantitative estimate of drug-likeness (QED) is 0.756. The average Bonchev–Trinajstić information content (AvgIpc) is 2.71. The normalized spacial score (nSPS) is 11.1. The summed E-state index contributed by atoms with van der Waals surface area (Å²) in [5, 5.41) is 0. The minimum Gasteiger partial charge on any atom is -0.369 e. The van der Waals surface area contributed by atoms with Crippen molar-refractivity contribution in [2.24, 2.45) is 5.73 Å². The molecule has 0 radical (unpaired) electrons. The van der Waals surface area contributed by atoms with Gasteiger partial charge in [0.25, 0.3) is 0 Å². The Kier molecular flexibility index (Phi) is 3.15. The largest absolute Gasteiger partial charge is 0.369 e. The second kappa shape index (κ2) is 4.59. The van der Waals surface area contributed by atoms with Crippen LogP contribution in [0.4, 0.5) is 5.95 Å². The minimum atomic E-state index is 0.348. The van der Waals surface area contributed by atoms with Crippen LogP contribution >= 0.6 is 0 Å². The molecule has 0 aliphatic rings. The summed E-state index contributed by atoms with van der Waals surface area (Å²) < 4.78 is 0. The maximum atomic E-state index is 5.75. The van der Waals surface area contributed by atoms with Gasteiger partial charge in [0.2, 0.25) is 0 Å². The molecule has 0 spiro atoms. The fraction of sp³-hybridized carbons (Fsp3) is 0.308. The summed E-state index contributed by atoms with van der Waals surface area (Å²) in [5.41, 5.74) is 15.6. The summed E-state index contributed by atoms with van der Waals surface area (Å²) in [6.07, 6.45) is 0. The number of hydrogen-bond donors (Lipinski definition) is 3. The molecule has 0 unspecified atom stereocenters. The lowest BCUT2D eigenvalue weighted by atomic mass is 9.99. The van der Waals surface area contributed by atoms with Crippen molar-refractivity contribution < 1.29 is 0 Å². The van der Waals surface area contributed by atoms with Gasteiger partial charge in [-0.05, 0) is 11.5 Å². The zero-order valence-electron chi connectivity index (χ0n) is 10.2.